The van der Waals surface area contributed by atoms with Gasteiger partial charge in [-0.3, -0.25) is 0 Å². The van der Waals surface area contributed by atoms with Crippen molar-refractivity contribution in [2.75, 3.05) is 6.54 Å². The summed E-state index contributed by atoms with van der Waals surface area (Å²) in [7, 11) is 0. The maximum absolute atomic E-state index is 12.8. The molecule has 1 rings (SSSR count). The van der Waals surface area contributed by atoms with Crippen molar-refractivity contribution in [1.82, 2.24) is 5.32 Å². The summed E-state index contributed by atoms with van der Waals surface area (Å²) in [6, 6.07) is 3.21. The van der Waals surface area contributed by atoms with Crippen molar-refractivity contribution in [2.45, 2.75) is 25.3 Å². The Kier molecular flexibility index (Phi) is 5.32. The zero-order valence-electron chi connectivity index (χ0n) is 10.3. The molecule has 1 aromatic carbocycles. The molecule has 0 fully saturated rings. The van der Waals surface area contributed by atoms with Crippen molar-refractivity contribution in [2.24, 2.45) is 5.92 Å². The van der Waals surface area contributed by atoms with E-state index in [1.54, 1.807) is 0 Å². The predicted octanol–water partition coefficient (Wildman–Crippen LogP) is 4.73. The largest absolute Gasteiger partial charge is 0.402 e. The molecule has 0 amide bonds. The summed E-state index contributed by atoms with van der Waals surface area (Å²) < 4.78 is 76.8. The van der Waals surface area contributed by atoms with Gasteiger partial charge >= 0.3 is 12.4 Å². The van der Waals surface area contributed by atoms with Crippen LogP contribution >= 0.6 is 11.6 Å². The fourth-order valence-corrected chi connectivity index (χ4v) is 2.17. The highest BCUT2D eigenvalue weighted by Gasteiger charge is 2.60. The molecule has 8 heteroatoms. The first-order valence-corrected chi connectivity index (χ1v) is 6.08. The standard InChI is InChI=1S/C12H12ClF6N/c1-2-20-9(7-5-3-4-6-8(7)13)10(11(14,15)16)12(17,18)19/h3-6,9-10,20H,2H2,1H3. The van der Waals surface area contributed by atoms with E-state index in [2.05, 4.69) is 5.32 Å². The van der Waals surface area contributed by atoms with Gasteiger partial charge < -0.3 is 5.32 Å². The Morgan fingerprint density at radius 1 is 1.05 bits per heavy atom. The molecular weight excluding hydrogens is 308 g/mol. The summed E-state index contributed by atoms with van der Waals surface area (Å²) in [5.41, 5.74) is -0.226. The zero-order chi connectivity index (χ0) is 15.6. The lowest BCUT2D eigenvalue weighted by molar-refractivity contribution is -0.292. The second-order valence-electron chi connectivity index (χ2n) is 4.12. The second-order valence-corrected chi connectivity index (χ2v) is 4.52. The van der Waals surface area contributed by atoms with E-state index in [4.69, 9.17) is 11.6 Å². The van der Waals surface area contributed by atoms with E-state index < -0.39 is 24.3 Å². The van der Waals surface area contributed by atoms with Gasteiger partial charge in [-0.2, -0.15) is 26.3 Å². The molecule has 1 atom stereocenters. The Morgan fingerprint density at radius 3 is 1.95 bits per heavy atom. The molecule has 0 saturated heterocycles. The molecule has 20 heavy (non-hydrogen) atoms. The van der Waals surface area contributed by atoms with Crippen LogP contribution < -0.4 is 5.32 Å². The third kappa shape index (κ3) is 4.02. The van der Waals surface area contributed by atoms with Crippen molar-refractivity contribution in [3.63, 3.8) is 0 Å². The van der Waals surface area contributed by atoms with Crippen LogP contribution in [0.3, 0.4) is 0 Å². The van der Waals surface area contributed by atoms with E-state index in [1.807, 2.05) is 0 Å². The van der Waals surface area contributed by atoms with Gasteiger partial charge in [0.2, 0.25) is 0 Å². The van der Waals surface area contributed by atoms with Crippen molar-refractivity contribution in [1.29, 1.82) is 0 Å². The minimum Gasteiger partial charge on any atom is -0.309 e. The molecule has 114 valence electrons. The first kappa shape index (κ1) is 17.1. The van der Waals surface area contributed by atoms with Gasteiger partial charge in [-0.25, -0.2) is 0 Å². The lowest BCUT2D eigenvalue weighted by Crippen LogP contribution is -2.46. The number of benzene rings is 1. The Bertz CT molecular complexity index is 428. The summed E-state index contributed by atoms with van der Waals surface area (Å²) >= 11 is 5.72. The Morgan fingerprint density at radius 2 is 1.55 bits per heavy atom. The summed E-state index contributed by atoms with van der Waals surface area (Å²) in [5.74, 6) is -3.52. The fourth-order valence-electron chi connectivity index (χ4n) is 1.92. The van der Waals surface area contributed by atoms with Gasteiger partial charge in [-0.15, -0.1) is 0 Å². The normalized spacial score (nSPS) is 14.7. The van der Waals surface area contributed by atoms with E-state index in [9.17, 15) is 26.3 Å². The van der Waals surface area contributed by atoms with Crippen LogP contribution in [0, 0.1) is 5.92 Å². The molecule has 1 unspecified atom stereocenters. The van der Waals surface area contributed by atoms with Crippen LogP contribution in [0.4, 0.5) is 26.3 Å². The van der Waals surface area contributed by atoms with Crippen molar-refractivity contribution < 1.29 is 26.3 Å². The third-order valence-electron chi connectivity index (χ3n) is 2.70. The van der Waals surface area contributed by atoms with Crippen LogP contribution in [-0.2, 0) is 0 Å². The van der Waals surface area contributed by atoms with Gasteiger partial charge in [-0.1, -0.05) is 36.7 Å². The highest BCUT2D eigenvalue weighted by atomic mass is 35.5. The molecular formula is C12H12ClF6N. The number of nitrogens with one attached hydrogen (secondary N) is 1. The lowest BCUT2D eigenvalue weighted by Gasteiger charge is -2.31. The Hall–Kier alpha value is -0.950. The third-order valence-corrected chi connectivity index (χ3v) is 3.05. The van der Waals surface area contributed by atoms with Crippen molar-refractivity contribution in [3.05, 3.63) is 34.9 Å². The molecule has 0 aliphatic rings. The minimum absolute atomic E-state index is 0.0570. The smallest absolute Gasteiger partial charge is 0.309 e. The minimum atomic E-state index is -5.43. The summed E-state index contributed by atoms with van der Waals surface area (Å²) in [6.07, 6.45) is -10.9. The predicted molar refractivity (Wildman–Crippen MR) is 63.5 cm³/mol. The molecule has 0 spiro atoms. The van der Waals surface area contributed by atoms with Gasteiger partial charge in [-0.05, 0) is 18.2 Å². The van der Waals surface area contributed by atoms with Gasteiger partial charge in [0.1, 0.15) is 0 Å². The van der Waals surface area contributed by atoms with E-state index in [0.717, 1.165) is 6.07 Å². The monoisotopic (exact) mass is 319 g/mol. The molecule has 1 N–H and O–H groups in total. The Labute approximate surface area is 116 Å². The van der Waals surface area contributed by atoms with Gasteiger partial charge in [0, 0.05) is 5.02 Å². The molecule has 0 aromatic heterocycles. The van der Waals surface area contributed by atoms with Crippen LogP contribution in [0.5, 0.6) is 0 Å². The highest BCUT2D eigenvalue weighted by Crippen LogP contribution is 2.47. The average Bonchev–Trinajstić information content (AvgIpc) is 2.25. The van der Waals surface area contributed by atoms with Crippen LogP contribution in [0.25, 0.3) is 0 Å². The molecule has 0 bridgehead atoms. The first-order chi connectivity index (χ1) is 9.09. The van der Waals surface area contributed by atoms with E-state index in [1.165, 1.54) is 25.1 Å². The van der Waals surface area contributed by atoms with E-state index in [0.29, 0.717) is 0 Å². The summed E-state index contributed by atoms with van der Waals surface area (Å²) in [4.78, 5) is 0. The fraction of sp³-hybridized carbons (Fsp3) is 0.500. The second kappa shape index (κ2) is 6.22. The van der Waals surface area contributed by atoms with Gasteiger partial charge in [0.25, 0.3) is 0 Å². The van der Waals surface area contributed by atoms with E-state index >= 15 is 0 Å². The highest BCUT2D eigenvalue weighted by molar-refractivity contribution is 6.31. The van der Waals surface area contributed by atoms with Gasteiger partial charge in [0.15, 0.2) is 5.92 Å². The maximum Gasteiger partial charge on any atom is 0.402 e. The summed E-state index contributed by atoms with van der Waals surface area (Å²) in [6.45, 7) is 1.37. The quantitative estimate of drug-likeness (QED) is 0.791. The lowest BCUT2D eigenvalue weighted by atomic mass is 9.91. The molecule has 1 aromatic rings. The zero-order valence-corrected chi connectivity index (χ0v) is 11.1. The molecule has 0 aliphatic heterocycles. The van der Waals surface area contributed by atoms with Gasteiger partial charge in [0.05, 0.1) is 6.04 Å². The molecule has 0 heterocycles. The van der Waals surface area contributed by atoms with Crippen LogP contribution in [0.15, 0.2) is 24.3 Å². The topological polar surface area (TPSA) is 12.0 Å². The van der Waals surface area contributed by atoms with Crippen molar-refractivity contribution in [3.8, 4) is 0 Å². The average molecular weight is 320 g/mol. The van der Waals surface area contributed by atoms with Crippen molar-refractivity contribution >= 4 is 11.6 Å². The Balaban J connectivity index is 3.33. The van der Waals surface area contributed by atoms with Crippen LogP contribution in [0.1, 0.15) is 18.5 Å². The molecule has 0 saturated carbocycles. The maximum atomic E-state index is 12.8. The number of rotatable bonds is 4. The number of hydrogen-bond acceptors (Lipinski definition) is 1. The summed E-state index contributed by atoms with van der Waals surface area (Å²) in [5, 5.41) is 2.09. The number of alkyl halides is 6. The van der Waals surface area contributed by atoms with Crippen LogP contribution in [-0.4, -0.2) is 18.9 Å². The molecule has 0 radical (unpaired) electrons. The van der Waals surface area contributed by atoms with Crippen LogP contribution in [0.2, 0.25) is 5.02 Å². The number of halogens is 7. The first-order valence-electron chi connectivity index (χ1n) is 5.70. The molecule has 1 nitrogen and oxygen atoms in total. The SMILES string of the molecule is CCNC(c1ccccc1Cl)C(C(F)(F)F)C(F)(F)F. The molecule has 0 aliphatic carbocycles. The number of hydrogen-bond donors (Lipinski definition) is 1. The van der Waals surface area contributed by atoms with E-state index in [-0.39, 0.29) is 17.1 Å².